The molecule has 0 aliphatic rings. The van der Waals surface area contributed by atoms with Gasteiger partial charge in [-0.15, -0.1) is 0 Å². The van der Waals surface area contributed by atoms with Gasteiger partial charge in [-0.25, -0.2) is 17.9 Å². The highest BCUT2D eigenvalue weighted by Crippen LogP contribution is 2.32. The quantitative estimate of drug-likeness (QED) is 0.714. The number of nitrogens with zero attached hydrogens (tertiary/aromatic N) is 1. The maximum absolute atomic E-state index is 13.9. The predicted octanol–water partition coefficient (Wildman–Crippen LogP) is 3.96. The Morgan fingerprint density at radius 2 is 1.79 bits per heavy atom. The SMILES string of the molecule is NS(=O)(=O)c1cc(F)cc(-c2ncccc2-c2cccc(Br)c2)c1. The van der Waals surface area contributed by atoms with Crippen LogP contribution in [-0.4, -0.2) is 13.4 Å². The van der Waals surface area contributed by atoms with Crippen molar-refractivity contribution >= 4 is 26.0 Å². The first kappa shape index (κ1) is 16.8. The lowest BCUT2D eigenvalue weighted by molar-refractivity contribution is 0.592. The second-order valence-electron chi connectivity index (χ2n) is 5.13. The highest BCUT2D eigenvalue weighted by molar-refractivity contribution is 9.10. The molecule has 0 aliphatic carbocycles. The molecule has 0 saturated heterocycles. The Morgan fingerprint density at radius 1 is 1.00 bits per heavy atom. The number of hydrogen-bond acceptors (Lipinski definition) is 3. The van der Waals surface area contributed by atoms with E-state index < -0.39 is 15.8 Å². The van der Waals surface area contributed by atoms with Gasteiger partial charge in [0.2, 0.25) is 10.0 Å². The minimum atomic E-state index is -4.02. The van der Waals surface area contributed by atoms with Crippen LogP contribution in [0.5, 0.6) is 0 Å². The number of hydrogen-bond donors (Lipinski definition) is 1. The minimum Gasteiger partial charge on any atom is -0.256 e. The van der Waals surface area contributed by atoms with Gasteiger partial charge in [0.15, 0.2) is 0 Å². The van der Waals surface area contributed by atoms with Crippen LogP contribution in [0.2, 0.25) is 0 Å². The lowest BCUT2D eigenvalue weighted by Crippen LogP contribution is -2.12. The van der Waals surface area contributed by atoms with E-state index in [1.54, 1.807) is 12.3 Å². The molecular weight excluding hydrogens is 395 g/mol. The van der Waals surface area contributed by atoms with Crippen LogP contribution in [0.25, 0.3) is 22.4 Å². The van der Waals surface area contributed by atoms with E-state index in [0.29, 0.717) is 11.3 Å². The van der Waals surface area contributed by atoms with Crippen molar-refractivity contribution in [2.75, 3.05) is 0 Å². The molecule has 0 atom stereocenters. The zero-order chi connectivity index (χ0) is 17.3. The third kappa shape index (κ3) is 3.53. The van der Waals surface area contributed by atoms with E-state index in [2.05, 4.69) is 20.9 Å². The number of halogens is 2. The van der Waals surface area contributed by atoms with Crippen LogP contribution in [0.4, 0.5) is 4.39 Å². The molecular formula is C17H12BrFN2O2S. The molecule has 0 bridgehead atoms. The standard InChI is InChI=1S/C17H12BrFN2O2S/c18-13-4-1-3-11(7-13)16-5-2-6-21-17(16)12-8-14(19)10-15(9-12)24(20,22)23/h1-10H,(H2,20,22,23). The Bertz CT molecular complexity index is 1020. The Kier molecular flexibility index (Phi) is 4.49. The first-order valence-corrected chi connectivity index (χ1v) is 9.23. The molecule has 0 aliphatic heterocycles. The van der Waals surface area contributed by atoms with Gasteiger partial charge in [0.05, 0.1) is 10.6 Å². The molecule has 2 N–H and O–H groups in total. The normalized spacial score (nSPS) is 11.5. The molecule has 0 unspecified atom stereocenters. The molecule has 3 rings (SSSR count). The van der Waals surface area contributed by atoms with Crippen LogP contribution in [-0.2, 0) is 10.0 Å². The van der Waals surface area contributed by atoms with E-state index in [0.717, 1.165) is 21.7 Å². The summed E-state index contributed by atoms with van der Waals surface area (Å²) >= 11 is 3.41. The van der Waals surface area contributed by atoms with Gasteiger partial charge >= 0.3 is 0 Å². The number of sulfonamides is 1. The maximum Gasteiger partial charge on any atom is 0.238 e. The molecule has 0 amide bonds. The number of rotatable bonds is 3. The molecule has 1 aromatic heterocycles. The van der Waals surface area contributed by atoms with Crippen LogP contribution < -0.4 is 5.14 Å². The lowest BCUT2D eigenvalue weighted by Gasteiger charge is -2.10. The summed E-state index contributed by atoms with van der Waals surface area (Å²) in [5.74, 6) is -0.692. The predicted molar refractivity (Wildman–Crippen MR) is 94.1 cm³/mol. The molecule has 1 heterocycles. The van der Waals surface area contributed by atoms with Gasteiger partial charge < -0.3 is 0 Å². The number of aromatic nitrogens is 1. The number of primary sulfonamides is 1. The minimum absolute atomic E-state index is 0.289. The largest absolute Gasteiger partial charge is 0.256 e. The summed E-state index contributed by atoms with van der Waals surface area (Å²) in [6.45, 7) is 0. The summed E-state index contributed by atoms with van der Waals surface area (Å²) in [5, 5.41) is 5.12. The lowest BCUT2D eigenvalue weighted by atomic mass is 9.99. The van der Waals surface area contributed by atoms with E-state index >= 15 is 0 Å². The maximum atomic E-state index is 13.9. The summed E-state index contributed by atoms with van der Waals surface area (Å²) in [6, 6.07) is 14.6. The summed E-state index contributed by atoms with van der Waals surface area (Å²) in [6.07, 6.45) is 1.57. The zero-order valence-electron chi connectivity index (χ0n) is 12.3. The van der Waals surface area contributed by atoms with Gasteiger partial charge in [-0.1, -0.05) is 34.1 Å². The fourth-order valence-electron chi connectivity index (χ4n) is 2.39. The smallest absolute Gasteiger partial charge is 0.238 e. The molecule has 0 fully saturated rings. The van der Waals surface area contributed by atoms with Crippen molar-refractivity contribution in [2.24, 2.45) is 5.14 Å². The molecule has 0 saturated carbocycles. The molecule has 4 nitrogen and oxygen atoms in total. The topological polar surface area (TPSA) is 73.1 Å². The summed E-state index contributed by atoms with van der Waals surface area (Å²) in [4.78, 5) is 4.01. The first-order chi connectivity index (χ1) is 11.3. The van der Waals surface area contributed by atoms with Gasteiger partial charge in [0.1, 0.15) is 5.82 Å². The molecule has 0 spiro atoms. The molecule has 0 radical (unpaired) electrons. The summed E-state index contributed by atoms with van der Waals surface area (Å²) in [5.41, 5.74) is 2.44. The second kappa shape index (κ2) is 6.43. The monoisotopic (exact) mass is 406 g/mol. The first-order valence-electron chi connectivity index (χ1n) is 6.89. The third-order valence-corrected chi connectivity index (χ3v) is 4.80. The van der Waals surface area contributed by atoms with Gasteiger partial charge in [-0.3, -0.25) is 4.98 Å². The molecule has 2 aromatic carbocycles. The number of pyridine rings is 1. The average molecular weight is 407 g/mol. The van der Waals surface area contributed by atoms with Gasteiger partial charge in [-0.05, 0) is 42.0 Å². The van der Waals surface area contributed by atoms with Crippen molar-refractivity contribution in [1.29, 1.82) is 0 Å². The Labute approximate surface area is 147 Å². The Hall–Kier alpha value is -2.09. The van der Waals surface area contributed by atoms with Crippen molar-refractivity contribution in [3.63, 3.8) is 0 Å². The van der Waals surface area contributed by atoms with E-state index in [9.17, 15) is 12.8 Å². The Morgan fingerprint density at radius 3 is 2.50 bits per heavy atom. The Balaban J connectivity index is 2.23. The van der Waals surface area contributed by atoms with E-state index in [1.807, 2.05) is 30.3 Å². The number of nitrogens with two attached hydrogens (primary N) is 1. The van der Waals surface area contributed by atoms with Gasteiger partial charge in [0, 0.05) is 21.8 Å². The van der Waals surface area contributed by atoms with Crippen LogP contribution >= 0.6 is 15.9 Å². The van der Waals surface area contributed by atoms with Crippen molar-refractivity contribution in [3.05, 3.63) is 71.1 Å². The van der Waals surface area contributed by atoms with Crippen LogP contribution in [0, 0.1) is 5.82 Å². The van der Waals surface area contributed by atoms with Crippen molar-refractivity contribution < 1.29 is 12.8 Å². The average Bonchev–Trinajstić information content (AvgIpc) is 2.53. The summed E-state index contributed by atoms with van der Waals surface area (Å²) in [7, 11) is -4.02. The molecule has 24 heavy (non-hydrogen) atoms. The molecule has 3 aromatic rings. The fraction of sp³-hybridized carbons (Fsp3) is 0. The van der Waals surface area contributed by atoms with E-state index in [4.69, 9.17) is 5.14 Å². The number of benzene rings is 2. The van der Waals surface area contributed by atoms with Crippen LogP contribution in [0.3, 0.4) is 0 Å². The van der Waals surface area contributed by atoms with E-state index in [1.165, 1.54) is 12.1 Å². The highest BCUT2D eigenvalue weighted by Gasteiger charge is 2.15. The van der Waals surface area contributed by atoms with Crippen molar-refractivity contribution in [2.45, 2.75) is 4.90 Å². The summed E-state index contributed by atoms with van der Waals surface area (Å²) < 4.78 is 37.9. The zero-order valence-corrected chi connectivity index (χ0v) is 14.7. The third-order valence-electron chi connectivity index (χ3n) is 3.42. The van der Waals surface area contributed by atoms with Crippen LogP contribution in [0.1, 0.15) is 0 Å². The van der Waals surface area contributed by atoms with Crippen LogP contribution in [0.15, 0.2) is 70.2 Å². The fourth-order valence-corrected chi connectivity index (χ4v) is 3.36. The van der Waals surface area contributed by atoms with E-state index in [-0.39, 0.29) is 4.90 Å². The second-order valence-corrected chi connectivity index (χ2v) is 7.61. The highest BCUT2D eigenvalue weighted by atomic mass is 79.9. The molecule has 7 heteroatoms. The van der Waals surface area contributed by atoms with Crippen molar-refractivity contribution in [1.82, 2.24) is 4.98 Å². The van der Waals surface area contributed by atoms with Crippen molar-refractivity contribution in [3.8, 4) is 22.4 Å². The van der Waals surface area contributed by atoms with Gasteiger partial charge in [0.25, 0.3) is 0 Å². The molecule has 122 valence electrons. The van der Waals surface area contributed by atoms with Gasteiger partial charge in [-0.2, -0.15) is 0 Å².